The quantitative estimate of drug-likeness (QED) is 0.482. The summed E-state index contributed by atoms with van der Waals surface area (Å²) in [5.74, 6) is 0.493. The SMILES string of the molecule is Cc1cccc(-n2nc3c(c2NC(=O)c2ccc(Cl)c([N+](=O)[O-])c2)C[S@@](=O)C3)c1C. The average Bonchev–Trinajstić information content (AvgIpc) is 3.21. The largest absolute Gasteiger partial charge is 0.306 e. The molecule has 0 unspecified atom stereocenters. The standard InChI is InChI=1S/C20H17ClN4O4S/c1-11-4-3-5-17(12(11)2)24-19(14-9-30(29)10-16(14)23-24)22-20(26)13-6-7-15(21)18(8-13)25(27)28/h3-8H,9-10H2,1-2H3,(H,22,26)/t30-/m1/s1. The smallest absolute Gasteiger partial charge is 0.288 e. The van der Waals surface area contributed by atoms with E-state index in [9.17, 15) is 19.1 Å². The number of nitro groups is 1. The summed E-state index contributed by atoms with van der Waals surface area (Å²) in [7, 11) is -1.08. The van der Waals surface area contributed by atoms with Crippen LogP contribution < -0.4 is 5.32 Å². The third-order valence-electron chi connectivity index (χ3n) is 5.11. The summed E-state index contributed by atoms with van der Waals surface area (Å²) in [6.45, 7) is 3.94. The number of hydrogen-bond donors (Lipinski definition) is 1. The molecule has 10 heteroatoms. The number of nitro benzene ring substituents is 1. The van der Waals surface area contributed by atoms with Crippen LogP contribution in [0, 0.1) is 24.0 Å². The zero-order chi connectivity index (χ0) is 21.6. The lowest BCUT2D eigenvalue weighted by Crippen LogP contribution is -2.17. The van der Waals surface area contributed by atoms with Crippen molar-refractivity contribution in [1.29, 1.82) is 0 Å². The molecule has 0 spiro atoms. The molecule has 1 amide bonds. The molecule has 1 aromatic heterocycles. The molecule has 0 saturated carbocycles. The number of hydrogen-bond acceptors (Lipinski definition) is 5. The number of aromatic nitrogens is 2. The van der Waals surface area contributed by atoms with E-state index >= 15 is 0 Å². The van der Waals surface area contributed by atoms with Gasteiger partial charge in [0.25, 0.3) is 11.6 Å². The van der Waals surface area contributed by atoms with E-state index in [1.807, 2.05) is 32.0 Å². The molecule has 1 aliphatic heterocycles. The first kappa shape index (κ1) is 20.2. The maximum absolute atomic E-state index is 12.9. The van der Waals surface area contributed by atoms with Crippen molar-refractivity contribution in [2.45, 2.75) is 25.4 Å². The molecule has 30 heavy (non-hydrogen) atoms. The van der Waals surface area contributed by atoms with E-state index in [-0.39, 0.29) is 22.0 Å². The van der Waals surface area contributed by atoms with E-state index < -0.39 is 21.6 Å². The number of halogens is 1. The van der Waals surface area contributed by atoms with Crippen molar-refractivity contribution in [3.05, 3.63) is 79.5 Å². The van der Waals surface area contributed by atoms with Gasteiger partial charge in [0, 0.05) is 28.0 Å². The topological polar surface area (TPSA) is 107 Å². The van der Waals surface area contributed by atoms with Gasteiger partial charge in [-0.1, -0.05) is 23.7 Å². The van der Waals surface area contributed by atoms with Gasteiger partial charge >= 0.3 is 0 Å². The van der Waals surface area contributed by atoms with Crippen LogP contribution in [0.4, 0.5) is 11.5 Å². The lowest BCUT2D eigenvalue weighted by Gasteiger charge is -2.14. The molecule has 1 N–H and O–H groups in total. The molecular formula is C20H17ClN4O4S. The van der Waals surface area contributed by atoms with Gasteiger partial charge in [0.15, 0.2) is 0 Å². The van der Waals surface area contributed by atoms with E-state index in [0.29, 0.717) is 22.8 Å². The Morgan fingerprint density at radius 2 is 2.03 bits per heavy atom. The van der Waals surface area contributed by atoms with Crippen LogP contribution in [-0.4, -0.2) is 24.8 Å². The Kier molecular flexibility index (Phi) is 5.17. The first-order valence-electron chi connectivity index (χ1n) is 9.04. The number of aryl methyl sites for hydroxylation is 1. The van der Waals surface area contributed by atoms with E-state index in [1.165, 1.54) is 12.1 Å². The fourth-order valence-electron chi connectivity index (χ4n) is 3.37. The van der Waals surface area contributed by atoms with Crippen molar-refractivity contribution in [2.24, 2.45) is 0 Å². The molecular weight excluding hydrogens is 428 g/mol. The highest BCUT2D eigenvalue weighted by Gasteiger charge is 2.29. The van der Waals surface area contributed by atoms with Gasteiger partial charge in [-0.2, -0.15) is 5.10 Å². The molecule has 2 aromatic carbocycles. The summed E-state index contributed by atoms with van der Waals surface area (Å²) in [6, 6.07) is 9.64. The lowest BCUT2D eigenvalue weighted by atomic mass is 10.1. The molecule has 8 nitrogen and oxygen atoms in total. The third-order valence-corrected chi connectivity index (χ3v) is 6.64. The Hall–Kier alpha value is -3.04. The van der Waals surface area contributed by atoms with Gasteiger partial charge in [0.05, 0.1) is 27.8 Å². The number of amides is 1. The van der Waals surface area contributed by atoms with Crippen molar-refractivity contribution in [3.63, 3.8) is 0 Å². The predicted molar refractivity (Wildman–Crippen MR) is 115 cm³/mol. The molecule has 0 bridgehead atoms. The van der Waals surface area contributed by atoms with E-state index in [1.54, 1.807) is 4.68 Å². The highest BCUT2D eigenvalue weighted by molar-refractivity contribution is 7.83. The molecule has 3 aromatic rings. The van der Waals surface area contributed by atoms with Crippen LogP contribution in [0.2, 0.25) is 5.02 Å². The zero-order valence-corrected chi connectivity index (χ0v) is 17.7. The van der Waals surface area contributed by atoms with Crippen molar-refractivity contribution >= 4 is 39.8 Å². The van der Waals surface area contributed by atoms with Gasteiger partial charge in [0.2, 0.25) is 0 Å². The van der Waals surface area contributed by atoms with Crippen LogP contribution in [0.3, 0.4) is 0 Å². The second kappa shape index (κ2) is 7.66. The fourth-order valence-corrected chi connectivity index (χ4v) is 4.82. The molecule has 0 radical (unpaired) electrons. The maximum Gasteiger partial charge on any atom is 0.288 e. The van der Waals surface area contributed by atoms with Gasteiger partial charge in [-0.05, 0) is 43.2 Å². The Balaban J connectivity index is 1.78. The summed E-state index contributed by atoms with van der Waals surface area (Å²) < 4.78 is 13.7. The molecule has 2 heterocycles. The first-order chi connectivity index (χ1) is 14.3. The van der Waals surface area contributed by atoms with Gasteiger partial charge in [0.1, 0.15) is 10.8 Å². The van der Waals surface area contributed by atoms with Crippen LogP contribution in [0.5, 0.6) is 0 Å². The number of carbonyl (C=O) groups excluding carboxylic acids is 1. The molecule has 0 fully saturated rings. The van der Waals surface area contributed by atoms with E-state index in [4.69, 9.17) is 11.6 Å². The minimum absolute atomic E-state index is 0.0479. The number of fused-ring (bicyclic) bond motifs is 1. The van der Waals surface area contributed by atoms with Crippen LogP contribution in [0.15, 0.2) is 36.4 Å². The summed E-state index contributed by atoms with van der Waals surface area (Å²) in [4.78, 5) is 23.4. The molecule has 0 saturated heterocycles. The summed E-state index contributed by atoms with van der Waals surface area (Å²) >= 11 is 5.85. The minimum atomic E-state index is -1.08. The normalized spacial score (nSPS) is 15.1. The van der Waals surface area contributed by atoms with Crippen molar-refractivity contribution in [3.8, 4) is 5.69 Å². The van der Waals surface area contributed by atoms with Crippen LogP contribution in [-0.2, 0) is 22.3 Å². The van der Waals surface area contributed by atoms with Crippen molar-refractivity contribution in [2.75, 3.05) is 5.32 Å². The first-order valence-corrected chi connectivity index (χ1v) is 10.9. The number of carbonyl (C=O) groups is 1. The van der Waals surface area contributed by atoms with Crippen LogP contribution in [0.25, 0.3) is 5.69 Å². The Morgan fingerprint density at radius 3 is 2.77 bits per heavy atom. The van der Waals surface area contributed by atoms with E-state index in [0.717, 1.165) is 22.9 Å². The summed E-state index contributed by atoms with van der Waals surface area (Å²) in [6.07, 6.45) is 0. The monoisotopic (exact) mass is 444 g/mol. The number of rotatable bonds is 4. The second-order valence-electron chi connectivity index (χ2n) is 7.01. The number of benzene rings is 2. The third kappa shape index (κ3) is 3.50. The minimum Gasteiger partial charge on any atom is -0.306 e. The van der Waals surface area contributed by atoms with Gasteiger partial charge in [-0.15, -0.1) is 0 Å². The van der Waals surface area contributed by atoms with Crippen LogP contribution in [0.1, 0.15) is 32.7 Å². The number of nitrogens with zero attached hydrogens (tertiary/aromatic N) is 3. The summed E-state index contributed by atoms with van der Waals surface area (Å²) in [5.41, 5.74) is 3.99. The number of anilines is 1. The van der Waals surface area contributed by atoms with Crippen LogP contribution >= 0.6 is 11.6 Å². The Labute approximate surface area is 179 Å². The van der Waals surface area contributed by atoms with E-state index in [2.05, 4.69) is 10.4 Å². The highest BCUT2D eigenvalue weighted by atomic mass is 35.5. The number of nitrogens with one attached hydrogen (secondary N) is 1. The van der Waals surface area contributed by atoms with Gasteiger partial charge in [-0.3, -0.25) is 19.1 Å². The van der Waals surface area contributed by atoms with Gasteiger partial charge in [-0.25, -0.2) is 4.68 Å². The lowest BCUT2D eigenvalue weighted by molar-refractivity contribution is -0.384. The second-order valence-corrected chi connectivity index (χ2v) is 8.87. The average molecular weight is 445 g/mol. The fraction of sp³-hybridized carbons (Fsp3) is 0.200. The molecule has 1 aliphatic rings. The predicted octanol–water partition coefficient (Wildman–Crippen LogP) is 4.07. The van der Waals surface area contributed by atoms with Crippen molar-refractivity contribution in [1.82, 2.24) is 9.78 Å². The molecule has 154 valence electrons. The Bertz CT molecular complexity index is 1240. The molecule has 0 aliphatic carbocycles. The molecule has 1 atom stereocenters. The van der Waals surface area contributed by atoms with Crippen molar-refractivity contribution < 1.29 is 13.9 Å². The highest BCUT2D eigenvalue weighted by Crippen LogP contribution is 2.33. The maximum atomic E-state index is 12.9. The zero-order valence-electron chi connectivity index (χ0n) is 16.1. The summed E-state index contributed by atoms with van der Waals surface area (Å²) in [5, 5.41) is 18.5. The van der Waals surface area contributed by atoms with Gasteiger partial charge < -0.3 is 5.32 Å². The molecule has 4 rings (SSSR count). The Morgan fingerprint density at radius 1 is 1.27 bits per heavy atom.